The molecule has 1 aromatic carbocycles. The van der Waals surface area contributed by atoms with E-state index in [0.29, 0.717) is 12.2 Å². The molecule has 0 aliphatic heterocycles. The average molecular weight is 216 g/mol. The molecule has 1 N–H and O–H groups in total. The van der Waals surface area contributed by atoms with Crippen LogP contribution in [0, 0.1) is 12.9 Å². The molecule has 0 spiro atoms. The zero-order valence-electron chi connectivity index (χ0n) is 9.07. The second-order valence-corrected chi connectivity index (χ2v) is 3.68. The molecule has 0 saturated heterocycles. The summed E-state index contributed by atoms with van der Waals surface area (Å²) >= 11 is 0. The van der Waals surface area contributed by atoms with Crippen LogP contribution in [0.5, 0.6) is 0 Å². The van der Waals surface area contributed by atoms with Gasteiger partial charge >= 0.3 is 0 Å². The number of halogens is 1. The van der Waals surface area contributed by atoms with Crippen LogP contribution < -0.4 is 5.32 Å². The van der Waals surface area contributed by atoms with E-state index in [-0.39, 0.29) is 0 Å². The Morgan fingerprint density at radius 3 is 2.62 bits per heavy atom. The summed E-state index contributed by atoms with van der Waals surface area (Å²) in [6, 6.07) is 13.1. The Morgan fingerprint density at radius 1 is 1.19 bits per heavy atom. The summed E-state index contributed by atoms with van der Waals surface area (Å²) in [7, 11) is 0. The highest BCUT2D eigenvalue weighted by Crippen LogP contribution is 2.09. The highest BCUT2D eigenvalue weighted by molar-refractivity contribution is 5.42. The minimum absolute atomic E-state index is 0.426. The fourth-order valence-corrected chi connectivity index (χ4v) is 1.53. The fourth-order valence-electron chi connectivity index (χ4n) is 1.53. The summed E-state index contributed by atoms with van der Waals surface area (Å²) in [4.78, 5) is 3.82. The third kappa shape index (κ3) is 2.79. The van der Waals surface area contributed by atoms with Gasteiger partial charge in [-0.1, -0.05) is 18.2 Å². The third-order valence-electron chi connectivity index (χ3n) is 2.24. The lowest BCUT2D eigenvalue weighted by atomic mass is 10.2. The van der Waals surface area contributed by atoms with Crippen LogP contribution in [-0.4, -0.2) is 4.98 Å². The van der Waals surface area contributed by atoms with Crippen molar-refractivity contribution in [3.63, 3.8) is 0 Å². The van der Waals surface area contributed by atoms with E-state index in [4.69, 9.17) is 0 Å². The molecule has 0 bridgehead atoms. The predicted molar refractivity (Wildman–Crippen MR) is 62.7 cm³/mol. The second kappa shape index (κ2) is 4.75. The lowest BCUT2D eigenvalue weighted by Crippen LogP contribution is -2.03. The zero-order valence-corrected chi connectivity index (χ0v) is 9.07. The first-order chi connectivity index (χ1) is 7.74. The molecule has 1 heterocycles. The monoisotopic (exact) mass is 216 g/mol. The van der Waals surface area contributed by atoms with Crippen LogP contribution in [0.2, 0.25) is 0 Å². The van der Waals surface area contributed by atoms with E-state index in [0.717, 1.165) is 11.3 Å². The van der Waals surface area contributed by atoms with E-state index in [9.17, 15) is 4.39 Å². The van der Waals surface area contributed by atoms with Gasteiger partial charge in [0.25, 0.3) is 0 Å². The quantitative estimate of drug-likeness (QED) is 0.797. The molecule has 0 aliphatic carbocycles. The van der Waals surface area contributed by atoms with Crippen molar-refractivity contribution in [1.29, 1.82) is 0 Å². The maximum atomic E-state index is 13.0. The summed E-state index contributed by atoms with van der Waals surface area (Å²) < 4.78 is 13.0. The highest BCUT2D eigenvalue weighted by atomic mass is 19.1. The topological polar surface area (TPSA) is 24.9 Å². The van der Waals surface area contributed by atoms with Gasteiger partial charge in [0, 0.05) is 5.69 Å². The zero-order chi connectivity index (χ0) is 11.4. The molecule has 2 nitrogen and oxygen atoms in total. The lowest BCUT2D eigenvalue weighted by molar-refractivity contribution is 0.576. The van der Waals surface area contributed by atoms with Crippen molar-refractivity contribution in [2.24, 2.45) is 0 Å². The number of para-hydroxylation sites is 1. The molecule has 3 heteroatoms. The van der Waals surface area contributed by atoms with Gasteiger partial charge in [-0.2, -0.15) is 4.39 Å². The predicted octanol–water partition coefficient (Wildman–Crippen LogP) is 3.14. The van der Waals surface area contributed by atoms with Gasteiger partial charge in [0.1, 0.15) is 0 Å². The number of aromatic nitrogens is 1. The molecule has 2 aromatic rings. The second-order valence-electron chi connectivity index (χ2n) is 3.68. The fraction of sp³-hybridized carbons (Fsp3) is 0.154. The number of pyridine rings is 1. The van der Waals surface area contributed by atoms with Gasteiger partial charge in [-0.05, 0) is 36.8 Å². The van der Waals surface area contributed by atoms with Gasteiger partial charge in [0.15, 0.2) is 0 Å². The molecule has 0 radical (unpaired) electrons. The van der Waals surface area contributed by atoms with Crippen LogP contribution in [0.25, 0.3) is 0 Å². The summed E-state index contributed by atoms with van der Waals surface area (Å²) in [5, 5.41) is 3.19. The Hall–Kier alpha value is -1.90. The summed E-state index contributed by atoms with van der Waals surface area (Å²) in [6.07, 6.45) is 0. The van der Waals surface area contributed by atoms with Crippen LogP contribution in [0.3, 0.4) is 0 Å². The number of benzene rings is 1. The normalized spacial score (nSPS) is 10.1. The Morgan fingerprint density at radius 2 is 1.94 bits per heavy atom. The van der Waals surface area contributed by atoms with Gasteiger partial charge < -0.3 is 5.32 Å². The van der Waals surface area contributed by atoms with E-state index in [2.05, 4.69) is 10.3 Å². The molecule has 16 heavy (non-hydrogen) atoms. The van der Waals surface area contributed by atoms with E-state index >= 15 is 0 Å². The van der Waals surface area contributed by atoms with Crippen LogP contribution in [0.1, 0.15) is 11.3 Å². The Balaban J connectivity index is 2.05. The molecular formula is C13H13FN2. The van der Waals surface area contributed by atoms with Crippen LogP contribution in [0.15, 0.2) is 42.5 Å². The molecular weight excluding hydrogens is 203 g/mol. The average Bonchev–Trinajstić information content (AvgIpc) is 2.27. The first-order valence-corrected chi connectivity index (χ1v) is 5.16. The van der Waals surface area contributed by atoms with Crippen LogP contribution in [-0.2, 0) is 6.54 Å². The minimum Gasteiger partial charge on any atom is -0.379 e. The van der Waals surface area contributed by atoms with Crippen molar-refractivity contribution in [3.8, 4) is 0 Å². The molecule has 0 aliphatic rings. The van der Waals surface area contributed by atoms with E-state index in [1.54, 1.807) is 0 Å². The van der Waals surface area contributed by atoms with Crippen molar-refractivity contribution in [2.75, 3.05) is 5.32 Å². The lowest BCUT2D eigenvalue weighted by Gasteiger charge is -2.06. The standard InChI is InChI=1S/C13H13FN2/c1-10-7-12(16-13(14)8-10)9-15-11-5-3-2-4-6-11/h2-8,15H,9H2,1H3. The number of hydrogen-bond donors (Lipinski definition) is 1. The van der Waals surface area contributed by atoms with Crippen molar-refractivity contribution < 1.29 is 4.39 Å². The highest BCUT2D eigenvalue weighted by Gasteiger charge is 1.99. The van der Waals surface area contributed by atoms with Gasteiger partial charge in [0.05, 0.1) is 12.2 Å². The molecule has 0 unspecified atom stereocenters. The molecule has 0 amide bonds. The smallest absolute Gasteiger partial charge is 0.213 e. The van der Waals surface area contributed by atoms with Gasteiger partial charge in [0.2, 0.25) is 5.95 Å². The molecule has 0 atom stereocenters. The maximum Gasteiger partial charge on any atom is 0.213 e. The Bertz CT molecular complexity index is 448. The Kier molecular flexibility index (Phi) is 3.15. The molecule has 2 rings (SSSR count). The Labute approximate surface area is 94.2 Å². The summed E-state index contributed by atoms with van der Waals surface area (Å²) in [5.74, 6) is -0.426. The first-order valence-electron chi connectivity index (χ1n) is 5.16. The van der Waals surface area contributed by atoms with Crippen molar-refractivity contribution >= 4 is 5.69 Å². The van der Waals surface area contributed by atoms with Crippen LogP contribution >= 0.6 is 0 Å². The molecule has 0 saturated carbocycles. The SMILES string of the molecule is Cc1cc(F)nc(CNc2ccccc2)c1. The minimum atomic E-state index is -0.426. The summed E-state index contributed by atoms with van der Waals surface area (Å²) in [6.45, 7) is 2.39. The number of hydrogen-bond acceptors (Lipinski definition) is 2. The first kappa shape index (κ1) is 10.6. The van der Waals surface area contributed by atoms with E-state index in [1.807, 2.05) is 43.3 Å². The van der Waals surface area contributed by atoms with E-state index in [1.165, 1.54) is 6.07 Å². The maximum absolute atomic E-state index is 13.0. The van der Waals surface area contributed by atoms with Crippen molar-refractivity contribution in [3.05, 3.63) is 59.7 Å². The van der Waals surface area contributed by atoms with Crippen molar-refractivity contribution in [1.82, 2.24) is 4.98 Å². The molecule has 1 aromatic heterocycles. The number of aryl methyl sites for hydroxylation is 1. The van der Waals surface area contributed by atoms with Gasteiger partial charge in [-0.15, -0.1) is 0 Å². The van der Waals surface area contributed by atoms with E-state index < -0.39 is 5.95 Å². The third-order valence-corrected chi connectivity index (χ3v) is 2.24. The summed E-state index contributed by atoms with van der Waals surface area (Å²) in [5.41, 5.74) is 2.60. The number of nitrogens with one attached hydrogen (secondary N) is 1. The van der Waals surface area contributed by atoms with Gasteiger partial charge in [-0.25, -0.2) is 4.98 Å². The molecule has 0 fully saturated rings. The number of nitrogens with zero attached hydrogens (tertiary/aromatic N) is 1. The van der Waals surface area contributed by atoms with Crippen molar-refractivity contribution in [2.45, 2.75) is 13.5 Å². The number of rotatable bonds is 3. The molecule has 82 valence electrons. The van der Waals surface area contributed by atoms with Crippen LogP contribution in [0.4, 0.5) is 10.1 Å². The number of anilines is 1. The largest absolute Gasteiger partial charge is 0.379 e. The van der Waals surface area contributed by atoms with Gasteiger partial charge in [-0.3, -0.25) is 0 Å².